The number of carboxylic acid groups (broad SMARTS) is 1. The molecule has 2 rings (SSSR count). The number of carboxylic acids is 1. The summed E-state index contributed by atoms with van der Waals surface area (Å²) >= 11 is 0. The number of pyridine rings is 1. The molecular formula is C15H19FN2O3. The third-order valence-corrected chi connectivity index (χ3v) is 4.25. The lowest BCUT2D eigenvalue weighted by atomic mass is 9.74. The Kier molecular flexibility index (Phi) is 4.25. The predicted octanol–water partition coefficient (Wildman–Crippen LogP) is 2.18. The van der Waals surface area contributed by atoms with Gasteiger partial charge in [-0.2, -0.15) is 4.39 Å². The molecule has 1 aromatic heterocycles. The van der Waals surface area contributed by atoms with E-state index in [2.05, 4.69) is 4.98 Å². The average Bonchev–Trinajstić information content (AvgIpc) is 2.47. The van der Waals surface area contributed by atoms with Crippen LogP contribution in [0.15, 0.2) is 18.3 Å². The van der Waals surface area contributed by atoms with Gasteiger partial charge in [0.1, 0.15) is 0 Å². The van der Waals surface area contributed by atoms with E-state index in [1.54, 1.807) is 18.7 Å². The van der Waals surface area contributed by atoms with E-state index in [1.807, 2.05) is 0 Å². The summed E-state index contributed by atoms with van der Waals surface area (Å²) in [5.41, 5.74) is -0.551. The maximum atomic E-state index is 12.8. The molecule has 0 aliphatic carbocycles. The summed E-state index contributed by atoms with van der Waals surface area (Å²) in [6.07, 6.45) is 2.76. The van der Waals surface area contributed by atoms with Gasteiger partial charge in [-0.15, -0.1) is 0 Å². The zero-order valence-corrected chi connectivity index (χ0v) is 12.2. The molecule has 0 saturated carbocycles. The fourth-order valence-corrected chi connectivity index (χ4v) is 2.61. The monoisotopic (exact) mass is 294 g/mol. The zero-order chi connectivity index (χ0) is 15.6. The number of carbonyl (C=O) groups is 2. The maximum absolute atomic E-state index is 12.8. The van der Waals surface area contributed by atoms with Gasteiger partial charge >= 0.3 is 5.97 Å². The maximum Gasteiger partial charge on any atom is 0.309 e. The molecule has 1 unspecified atom stereocenters. The molecule has 2 heterocycles. The molecule has 1 N–H and O–H groups in total. The summed E-state index contributed by atoms with van der Waals surface area (Å²) in [4.78, 5) is 28.8. The molecule has 6 heteroatoms. The highest BCUT2D eigenvalue weighted by Crippen LogP contribution is 2.34. The molecule has 1 fully saturated rings. The second-order valence-electron chi connectivity index (χ2n) is 5.99. The highest BCUT2D eigenvalue weighted by Gasteiger charge is 2.40. The van der Waals surface area contributed by atoms with E-state index in [4.69, 9.17) is 0 Å². The van der Waals surface area contributed by atoms with E-state index in [0.717, 1.165) is 18.9 Å². The van der Waals surface area contributed by atoms with Crippen LogP contribution >= 0.6 is 0 Å². The molecule has 1 aromatic rings. The Hall–Kier alpha value is -1.98. The van der Waals surface area contributed by atoms with E-state index in [1.165, 1.54) is 12.3 Å². The van der Waals surface area contributed by atoms with Gasteiger partial charge in [-0.05, 0) is 44.7 Å². The molecule has 114 valence electrons. The first-order valence-corrected chi connectivity index (χ1v) is 6.96. The molecule has 1 saturated heterocycles. The van der Waals surface area contributed by atoms with Crippen molar-refractivity contribution in [3.05, 3.63) is 29.8 Å². The second-order valence-corrected chi connectivity index (χ2v) is 5.99. The van der Waals surface area contributed by atoms with Gasteiger partial charge in [-0.25, -0.2) is 4.98 Å². The molecule has 1 amide bonds. The van der Waals surface area contributed by atoms with Crippen LogP contribution in [0, 0.1) is 17.3 Å². The van der Waals surface area contributed by atoms with Crippen molar-refractivity contribution in [1.82, 2.24) is 9.88 Å². The molecule has 21 heavy (non-hydrogen) atoms. The van der Waals surface area contributed by atoms with Crippen molar-refractivity contribution >= 4 is 11.9 Å². The smallest absolute Gasteiger partial charge is 0.309 e. The van der Waals surface area contributed by atoms with Crippen molar-refractivity contribution in [2.45, 2.75) is 26.7 Å². The summed E-state index contributed by atoms with van der Waals surface area (Å²) in [5, 5.41) is 9.31. The Labute approximate surface area is 122 Å². The number of piperidine rings is 1. The Bertz CT molecular complexity index is 542. The minimum Gasteiger partial charge on any atom is -0.481 e. The normalized spacial score (nSPS) is 19.4. The number of aliphatic carboxylic acids is 1. The van der Waals surface area contributed by atoms with Crippen molar-refractivity contribution in [1.29, 1.82) is 0 Å². The summed E-state index contributed by atoms with van der Waals surface area (Å²) < 4.78 is 12.8. The highest BCUT2D eigenvalue weighted by molar-refractivity contribution is 5.94. The van der Waals surface area contributed by atoms with E-state index in [9.17, 15) is 19.1 Å². The quantitative estimate of drug-likeness (QED) is 0.867. The van der Waals surface area contributed by atoms with Crippen molar-refractivity contribution in [2.24, 2.45) is 11.3 Å². The molecular weight excluding hydrogens is 275 g/mol. The molecule has 0 spiro atoms. The van der Waals surface area contributed by atoms with Crippen molar-refractivity contribution in [2.75, 3.05) is 13.1 Å². The van der Waals surface area contributed by atoms with Gasteiger partial charge in [0, 0.05) is 19.3 Å². The molecule has 1 atom stereocenters. The minimum absolute atomic E-state index is 0.0962. The number of hydrogen-bond acceptors (Lipinski definition) is 3. The van der Waals surface area contributed by atoms with Crippen LogP contribution in [0.2, 0.25) is 0 Å². The summed E-state index contributed by atoms with van der Waals surface area (Å²) in [6, 6.07) is 2.55. The number of halogens is 1. The number of carbonyl (C=O) groups excluding carboxylic acids is 1. The topological polar surface area (TPSA) is 70.5 Å². The van der Waals surface area contributed by atoms with E-state index in [-0.39, 0.29) is 11.8 Å². The largest absolute Gasteiger partial charge is 0.481 e. The van der Waals surface area contributed by atoms with Gasteiger partial charge in [-0.1, -0.05) is 0 Å². The second kappa shape index (κ2) is 5.79. The standard InChI is InChI=1S/C15H19FN2O3/c1-15(2,14(20)21)11-4-3-7-18(9-11)13(19)10-5-6-12(16)17-8-10/h5-6,8,11H,3-4,7,9H2,1-2H3,(H,20,21). The number of hydrogen-bond donors (Lipinski definition) is 1. The summed E-state index contributed by atoms with van der Waals surface area (Å²) in [6.45, 7) is 4.36. The summed E-state index contributed by atoms with van der Waals surface area (Å²) in [7, 11) is 0. The molecule has 0 bridgehead atoms. The third-order valence-electron chi connectivity index (χ3n) is 4.25. The van der Waals surface area contributed by atoms with Gasteiger partial charge in [0.05, 0.1) is 11.0 Å². The highest BCUT2D eigenvalue weighted by atomic mass is 19.1. The number of aromatic nitrogens is 1. The van der Waals surface area contributed by atoms with Crippen LogP contribution in [0.25, 0.3) is 0 Å². The lowest BCUT2D eigenvalue weighted by Crippen LogP contribution is -2.46. The number of amides is 1. The van der Waals surface area contributed by atoms with E-state index < -0.39 is 17.3 Å². The SMILES string of the molecule is CC(C)(C(=O)O)C1CCCN(C(=O)c2ccc(F)nc2)C1. The van der Waals surface area contributed by atoms with Crippen molar-refractivity contribution in [3.8, 4) is 0 Å². The van der Waals surface area contributed by atoms with Gasteiger partial charge in [0.25, 0.3) is 5.91 Å². The number of likely N-dealkylation sites (tertiary alicyclic amines) is 1. The van der Waals surface area contributed by atoms with Gasteiger partial charge in [0.15, 0.2) is 0 Å². The lowest BCUT2D eigenvalue weighted by molar-refractivity contribution is -0.151. The first kappa shape index (κ1) is 15.4. The van der Waals surface area contributed by atoms with Crippen LogP contribution in [0.3, 0.4) is 0 Å². The Balaban J connectivity index is 2.12. The Morgan fingerprint density at radius 2 is 2.14 bits per heavy atom. The molecule has 5 nitrogen and oxygen atoms in total. The van der Waals surface area contributed by atoms with Gasteiger partial charge in [-0.3, -0.25) is 9.59 Å². The molecule has 1 aliphatic heterocycles. The molecule has 0 radical (unpaired) electrons. The molecule has 1 aliphatic rings. The predicted molar refractivity (Wildman–Crippen MR) is 74.2 cm³/mol. The van der Waals surface area contributed by atoms with E-state index in [0.29, 0.717) is 18.7 Å². The van der Waals surface area contributed by atoms with Crippen LogP contribution < -0.4 is 0 Å². The van der Waals surface area contributed by atoms with Crippen LogP contribution in [-0.4, -0.2) is 40.0 Å². The zero-order valence-electron chi connectivity index (χ0n) is 12.2. The van der Waals surface area contributed by atoms with E-state index >= 15 is 0 Å². The van der Waals surface area contributed by atoms with Crippen LogP contribution in [0.1, 0.15) is 37.0 Å². The Morgan fingerprint density at radius 1 is 1.43 bits per heavy atom. The van der Waals surface area contributed by atoms with Crippen LogP contribution in [-0.2, 0) is 4.79 Å². The first-order valence-electron chi connectivity index (χ1n) is 6.96. The van der Waals surface area contributed by atoms with Crippen LogP contribution in [0.5, 0.6) is 0 Å². The number of nitrogens with zero attached hydrogens (tertiary/aromatic N) is 2. The van der Waals surface area contributed by atoms with Gasteiger partial charge in [0.2, 0.25) is 5.95 Å². The molecule has 0 aromatic carbocycles. The Morgan fingerprint density at radius 3 is 2.71 bits per heavy atom. The van der Waals surface area contributed by atoms with Crippen molar-refractivity contribution < 1.29 is 19.1 Å². The third kappa shape index (κ3) is 3.20. The van der Waals surface area contributed by atoms with Crippen molar-refractivity contribution in [3.63, 3.8) is 0 Å². The summed E-state index contributed by atoms with van der Waals surface area (Å²) in [5.74, 6) is -1.81. The minimum atomic E-state index is -0.875. The fraction of sp³-hybridized carbons (Fsp3) is 0.533. The first-order chi connectivity index (χ1) is 9.82. The lowest BCUT2D eigenvalue weighted by Gasteiger charge is -2.39. The van der Waals surface area contributed by atoms with Crippen LogP contribution in [0.4, 0.5) is 4.39 Å². The fourth-order valence-electron chi connectivity index (χ4n) is 2.61. The average molecular weight is 294 g/mol. The number of rotatable bonds is 3. The van der Waals surface area contributed by atoms with Gasteiger partial charge < -0.3 is 10.0 Å².